The second-order valence-electron chi connectivity index (χ2n) is 6.13. The smallest absolute Gasteiger partial charge is 0.262 e. The molecule has 0 amide bonds. The van der Waals surface area contributed by atoms with Gasteiger partial charge in [0.05, 0.1) is 16.9 Å². The van der Waals surface area contributed by atoms with Crippen molar-refractivity contribution in [3.8, 4) is 0 Å². The van der Waals surface area contributed by atoms with Crippen molar-refractivity contribution in [1.29, 1.82) is 0 Å². The lowest BCUT2D eigenvalue weighted by atomic mass is 9.94. The van der Waals surface area contributed by atoms with Gasteiger partial charge in [-0.25, -0.2) is 0 Å². The number of H-pyrrole nitrogens is 1. The SMILES string of the molecule is [B]c1ccc2[nH]c(=S)n(C(c3ccccc3)c3ccccc3)c(=O)c2c1. The van der Waals surface area contributed by atoms with Crippen LogP contribution in [0, 0.1) is 4.77 Å². The van der Waals surface area contributed by atoms with Crippen molar-refractivity contribution in [3.05, 3.63) is 105 Å². The predicted octanol–water partition coefficient (Wildman–Crippen LogP) is 3.49. The van der Waals surface area contributed by atoms with Gasteiger partial charge >= 0.3 is 0 Å². The average molecular weight is 354 g/mol. The summed E-state index contributed by atoms with van der Waals surface area (Å²) >= 11 is 5.55. The number of rotatable bonds is 3. The van der Waals surface area contributed by atoms with Crippen molar-refractivity contribution < 1.29 is 0 Å². The van der Waals surface area contributed by atoms with E-state index in [2.05, 4.69) is 4.98 Å². The Bertz CT molecular complexity index is 1140. The second kappa shape index (κ2) is 6.77. The van der Waals surface area contributed by atoms with Crippen molar-refractivity contribution in [2.75, 3.05) is 0 Å². The van der Waals surface area contributed by atoms with Crippen LogP contribution in [0.5, 0.6) is 0 Å². The molecule has 1 aromatic heterocycles. The standard InChI is InChI=1S/C21H15BN2OS/c22-16-11-12-18-17(13-16)20(25)24(21(26)23-18)19(14-7-3-1-4-8-14)15-9-5-2-6-10-15/h1-13,19H,(H,23,26). The fraction of sp³-hybridized carbons (Fsp3) is 0.0476. The Morgan fingerprint density at radius 2 is 1.46 bits per heavy atom. The molecule has 0 saturated heterocycles. The first-order valence-electron chi connectivity index (χ1n) is 8.29. The van der Waals surface area contributed by atoms with Gasteiger partial charge in [0.25, 0.3) is 5.56 Å². The molecule has 1 N–H and O–H groups in total. The molecule has 0 aliphatic carbocycles. The highest BCUT2D eigenvalue weighted by atomic mass is 32.1. The number of nitrogens with one attached hydrogen (secondary N) is 1. The summed E-state index contributed by atoms with van der Waals surface area (Å²) < 4.78 is 2.01. The van der Waals surface area contributed by atoms with Crippen molar-refractivity contribution in [1.82, 2.24) is 9.55 Å². The highest BCUT2D eigenvalue weighted by Crippen LogP contribution is 2.26. The maximum Gasteiger partial charge on any atom is 0.262 e. The largest absolute Gasteiger partial charge is 0.332 e. The Hall–Kier alpha value is -2.92. The van der Waals surface area contributed by atoms with Crippen LogP contribution in [-0.4, -0.2) is 17.4 Å². The van der Waals surface area contributed by atoms with Crippen LogP contribution in [-0.2, 0) is 0 Å². The van der Waals surface area contributed by atoms with E-state index in [1.807, 2.05) is 60.7 Å². The van der Waals surface area contributed by atoms with Crippen LogP contribution in [0.4, 0.5) is 0 Å². The van der Waals surface area contributed by atoms with Gasteiger partial charge < -0.3 is 4.98 Å². The molecular formula is C21H15BN2OS. The monoisotopic (exact) mass is 354 g/mol. The molecule has 0 fully saturated rings. The minimum atomic E-state index is -0.320. The lowest BCUT2D eigenvalue weighted by molar-refractivity contribution is 0.633. The van der Waals surface area contributed by atoms with Crippen molar-refractivity contribution >= 4 is 36.4 Å². The molecule has 0 saturated carbocycles. The molecule has 26 heavy (non-hydrogen) atoms. The molecule has 0 bridgehead atoms. The Morgan fingerprint density at radius 1 is 0.885 bits per heavy atom. The van der Waals surface area contributed by atoms with Gasteiger partial charge in [-0.15, -0.1) is 0 Å². The van der Waals surface area contributed by atoms with Gasteiger partial charge in [-0.1, -0.05) is 78.3 Å². The lowest BCUT2D eigenvalue weighted by Gasteiger charge is -2.21. The van der Waals surface area contributed by atoms with Gasteiger partial charge in [0.1, 0.15) is 7.85 Å². The quantitative estimate of drug-likeness (QED) is 0.452. The van der Waals surface area contributed by atoms with E-state index in [4.69, 9.17) is 20.1 Å². The first kappa shape index (κ1) is 16.5. The molecule has 124 valence electrons. The molecule has 5 heteroatoms. The molecule has 2 radical (unpaired) electrons. The molecule has 3 nitrogen and oxygen atoms in total. The third kappa shape index (κ3) is 2.91. The minimum Gasteiger partial charge on any atom is -0.332 e. The number of aromatic nitrogens is 2. The third-order valence-corrected chi connectivity index (χ3v) is 4.74. The molecule has 0 spiro atoms. The highest BCUT2D eigenvalue weighted by Gasteiger charge is 2.20. The van der Waals surface area contributed by atoms with E-state index in [-0.39, 0.29) is 11.6 Å². The number of aromatic amines is 1. The fourth-order valence-electron chi connectivity index (χ4n) is 3.24. The zero-order valence-corrected chi connectivity index (χ0v) is 14.7. The van der Waals surface area contributed by atoms with E-state index >= 15 is 0 Å². The first-order chi connectivity index (χ1) is 12.6. The second-order valence-corrected chi connectivity index (χ2v) is 6.52. The molecule has 4 aromatic rings. The maximum absolute atomic E-state index is 13.3. The first-order valence-corrected chi connectivity index (χ1v) is 8.70. The lowest BCUT2D eigenvalue weighted by Crippen LogP contribution is -2.28. The zero-order chi connectivity index (χ0) is 18.1. The Kier molecular flexibility index (Phi) is 4.31. The van der Waals surface area contributed by atoms with Gasteiger partial charge in [0, 0.05) is 0 Å². The number of benzene rings is 3. The van der Waals surface area contributed by atoms with Gasteiger partial charge in [-0.3, -0.25) is 9.36 Å². The summed E-state index contributed by atoms with van der Waals surface area (Å²) in [5.74, 6) is 0. The van der Waals surface area contributed by atoms with Gasteiger partial charge in [-0.05, 0) is 29.4 Å². The molecule has 0 unspecified atom stereocenters. The van der Waals surface area contributed by atoms with Crippen LogP contribution >= 0.6 is 12.2 Å². The summed E-state index contributed by atoms with van der Waals surface area (Å²) in [6, 6.07) is 24.7. The van der Waals surface area contributed by atoms with E-state index < -0.39 is 0 Å². The Morgan fingerprint density at radius 3 is 2.04 bits per heavy atom. The molecule has 0 atom stereocenters. The van der Waals surface area contributed by atoms with Crippen LogP contribution in [0.15, 0.2) is 83.7 Å². The fourth-order valence-corrected chi connectivity index (χ4v) is 3.54. The summed E-state index contributed by atoms with van der Waals surface area (Å²) in [5, 5.41) is 0.524. The van der Waals surface area contributed by atoms with Crippen molar-refractivity contribution in [2.45, 2.75) is 6.04 Å². The predicted molar refractivity (Wildman–Crippen MR) is 109 cm³/mol. The van der Waals surface area contributed by atoms with Crippen LogP contribution in [0.25, 0.3) is 10.9 Å². The summed E-state index contributed by atoms with van der Waals surface area (Å²) in [6.07, 6.45) is 0. The van der Waals surface area contributed by atoms with Gasteiger partial charge in [0.2, 0.25) is 0 Å². The summed E-state index contributed by atoms with van der Waals surface area (Å²) in [5.41, 5.74) is 3.05. The summed E-state index contributed by atoms with van der Waals surface area (Å²) in [7, 11) is 5.89. The third-order valence-electron chi connectivity index (χ3n) is 4.44. The van der Waals surface area contributed by atoms with Crippen LogP contribution in [0.1, 0.15) is 17.2 Å². The van der Waals surface area contributed by atoms with E-state index in [9.17, 15) is 4.79 Å². The van der Waals surface area contributed by atoms with Crippen LogP contribution in [0.3, 0.4) is 0 Å². The number of hydrogen-bond donors (Lipinski definition) is 1. The van der Waals surface area contributed by atoms with E-state index in [0.717, 1.165) is 11.1 Å². The topological polar surface area (TPSA) is 37.8 Å². The molecule has 0 aliphatic heterocycles. The molecule has 4 rings (SSSR count). The van der Waals surface area contributed by atoms with Crippen molar-refractivity contribution in [3.63, 3.8) is 0 Å². The highest BCUT2D eigenvalue weighted by molar-refractivity contribution is 7.71. The van der Waals surface area contributed by atoms with Gasteiger partial charge in [0.15, 0.2) is 4.77 Å². The molecular weight excluding hydrogens is 339 g/mol. The van der Waals surface area contributed by atoms with E-state index in [1.165, 1.54) is 0 Å². The van der Waals surface area contributed by atoms with E-state index in [1.54, 1.807) is 22.8 Å². The van der Waals surface area contributed by atoms with Gasteiger partial charge in [-0.2, -0.15) is 0 Å². The van der Waals surface area contributed by atoms with E-state index in [0.29, 0.717) is 21.1 Å². The maximum atomic E-state index is 13.3. The number of hydrogen-bond acceptors (Lipinski definition) is 2. The number of fused-ring (bicyclic) bond motifs is 1. The van der Waals surface area contributed by atoms with Crippen molar-refractivity contribution in [2.24, 2.45) is 0 Å². The van der Waals surface area contributed by atoms with Crippen LogP contribution < -0.4 is 11.0 Å². The summed E-state index contributed by atoms with van der Waals surface area (Å²) in [6.45, 7) is 0. The average Bonchev–Trinajstić information content (AvgIpc) is 2.67. The normalized spacial score (nSPS) is 11.1. The summed E-state index contributed by atoms with van der Waals surface area (Å²) in [4.78, 5) is 16.5. The minimum absolute atomic E-state index is 0.159. The number of nitrogens with zero attached hydrogens (tertiary/aromatic N) is 1. The Balaban J connectivity index is 2.06. The molecule has 1 heterocycles. The molecule has 0 aliphatic rings. The zero-order valence-electron chi connectivity index (χ0n) is 13.9. The Labute approximate surface area is 157 Å². The van der Waals surface area contributed by atoms with Crippen LogP contribution in [0.2, 0.25) is 0 Å². The molecule has 3 aromatic carbocycles.